The van der Waals surface area contributed by atoms with Crippen LogP contribution in [0.4, 0.5) is 0 Å². The summed E-state index contributed by atoms with van der Waals surface area (Å²) in [5, 5.41) is 3.53. The summed E-state index contributed by atoms with van der Waals surface area (Å²) in [7, 11) is -3.66. The van der Waals surface area contributed by atoms with E-state index >= 15 is 0 Å². The first-order chi connectivity index (χ1) is 13.0. The molecule has 0 fully saturated rings. The molecule has 1 heterocycles. The van der Waals surface area contributed by atoms with Gasteiger partial charge in [-0.3, -0.25) is 4.79 Å². The fourth-order valence-corrected chi connectivity index (χ4v) is 4.60. The maximum absolute atomic E-state index is 13.1. The van der Waals surface area contributed by atoms with Crippen LogP contribution >= 0.6 is 0 Å². The fourth-order valence-electron chi connectivity index (χ4n) is 3.10. The summed E-state index contributed by atoms with van der Waals surface area (Å²) in [6.45, 7) is 2.85. The Morgan fingerprint density at radius 2 is 1.70 bits per heavy atom. The molecule has 0 aliphatic carbocycles. The molecule has 3 rings (SSSR count). The number of para-hydroxylation sites is 1. The lowest BCUT2D eigenvalue weighted by atomic mass is 10.2. The largest absolute Gasteiger partial charge is 0.355 e. The molecule has 0 aliphatic rings. The van der Waals surface area contributed by atoms with Gasteiger partial charge in [-0.1, -0.05) is 56.2 Å². The lowest BCUT2D eigenvalue weighted by Gasteiger charge is -2.07. The zero-order chi connectivity index (χ0) is 19.3. The molecule has 0 bridgehead atoms. The highest BCUT2D eigenvalue weighted by Crippen LogP contribution is 2.30. The Morgan fingerprint density at radius 3 is 2.44 bits per heavy atom. The zero-order valence-electron chi connectivity index (χ0n) is 15.4. The molecule has 1 aromatic heterocycles. The van der Waals surface area contributed by atoms with Crippen LogP contribution in [-0.4, -0.2) is 25.4 Å². The Morgan fingerprint density at radius 1 is 1.00 bits per heavy atom. The summed E-state index contributed by atoms with van der Waals surface area (Å²) in [5.74, 6) is -0.115. The number of rotatable bonds is 8. The van der Waals surface area contributed by atoms with E-state index in [1.165, 1.54) is 0 Å². The van der Waals surface area contributed by atoms with E-state index in [1.54, 1.807) is 47.2 Å². The van der Waals surface area contributed by atoms with Gasteiger partial charge in [0.05, 0.1) is 9.79 Å². The lowest BCUT2D eigenvalue weighted by Crippen LogP contribution is -2.28. The van der Waals surface area contributed by atoms with Crippen LogP contribution < -0.4 is 5.32 Å². The van der Waals surface area contributed by atoms with E-state index in [-0.39, 0.29) is 22.2 Å². The number of nitrogens with zero attached hydrogens (tertiary/aromatic N) is 1. The topological polar surface area (TPSA) is 68.2 Å². The highest BCUT2D eigenvalue weighted by Gasteiger charge is 2.23. The zero-order valence-corrected chi connectivity index (χ0v) is 16.2. The molecular formula is C21H24N2O3S. The summed E-state index contributed by atoms with van der Waals surface area (Å²) in [5.41, 5.74) is 0.732. The third kappa shape index (κ3) is 4.22. The number of benzene rings is 2. The molecule has 0 atom stereocenters. The van der Waals surface area contributed by atoms with Crippen molar-refractivity contribution in [2.45, 2.75) is 42.5 Å². The number of aromatic nitrogens is 1. The monoisotopic (exact) mass is 384 g/mol. The molecule has 0 unspecified atom stereocenters. The van der Waals surface area contributed by atoms with E-state index in [1.807, 2.05) is 18.2 Å². The number of hydrogen-bond donors (Lipinski definition) is 1. The van der Waals surface area contributed by atoms with Crippen LogP contribution in [0, 0.1) is 0 Å². The Balaban J connectivity index is 1.92. The van der Waals surface area contributed by atoms with Crippen LogP contribution in [0.2, 0.25) is 0 Å². The second-order valence-corrected chi connectivity index (χ2v) is 8.43. The Bertz CT molecular complexity index is 1020. The Kier molecular flexibility index (Phi) is 5.96. The molecule has 0 radical (unpaired) electrons. The molecule has 6 heteroatoms. The molecule has 0 saturated heterocycles. The van der Waals surface area contributed by atoms with E-state index < -0.39 is 9.84 Å². The van der Waals surface area contributed by atoms with Gasteiger partial charge in [-0.15, -0.1) is 0 Å². The van der Waals surface area contributed by atoms with E-state index in [0.29, 0.717) is 11.9 Å². The van der Waals surface area contributed by atoms with Crippen LogP contribution in [0.3, 0.4) is 0 Å². The first kappa shape index (κ1) is 19.2. The summed E-state index contributed by atoms with van der Waals surface area (Å²) >= 11 is 0. The minimum Gasteiger partial charge on any atom is -0.355 e. The quantitative estimate of drug-likeness (QED) is 0.601. The van der Waals surface area contributed by atoms with Gasteiger partial charge in [0.15, 0.2) is 0 Å². The average molecular weight is 385 g/mol. The predicted octanol–water partition coefficient (Wildman–Crippen LogP) is 3.78. The Labute approximate surface area is 159 Å². The van der Waals surface area contributed by atoms with Gasteiger partial charge in [-0.25, -0.2) is 8.42 Å². The second-order valence-electron chi connectivity index (χ2n) is 6.51. The van der Waals surface area contributed by atoms with Crippen molar-refractivity contribution in [1.29, 1.82) is 0 Å². The Hall–Kier alpha value is -2.60. The van der Waals surface area contributed by atoms with Crippen molar-refractivity contribution in [1.82, 2.24) is 9.88 Å². The highest BCUT2D eigenvalue weighted by atomic mass is 32.2. The molecule has 3 aromatic rings. The van der Waals surface area contributed by atoms with Crippen LogP contribution in [0.15, 0.2) is 70.6 Å². The third-order valence-electron chi connectivity index (χ3n) is 4.51. The second kappa shape index (κ2) is 8.39. The SMILES string of the molecule is CCCCCNC(=O)Cn1cc(S(=O)(=O)c2ccccc2)c2ccccc21. The summed E-state index contributed by atoms with van der Waals surface area (Å²) < 4.78 is 27.9. The third-order valence-corrected chi connectivity index (χ3v) is 6.31. The van der Waals surface area contributed by atoms with Gasteiger partial charge in [-0.2, -0.15) is 0 Å². The van der Waals surface area contributed by atoms with Crippen molar-refractivity contribution in [3.63, 3.8) is 0 Å². The molecule has 1 amide bonds. The number of unbranched alkanes of at least 4 members (excludes halogenated alkanes) is 2. The van der Waals surface area contributed by atoms with Crippen LogP contribution in [-0.2, 0) is 21.2 Å². The molecule has 2 aromatic carbocycles. The first-order valence-corrected chi connectivity index (χ1v) is 10.7. The van der Waals surface area contributed by atoms with Gasteiger partial charge in [0.25, 0.3) is 0 Å². The average Bonchev–Trinajstić information content (AvgIpc) is 3.05. The van der Waals surface area contributed by atoms with Crippen LogP contribution in [0.25, 0.3) is 10.9 Å². The van der Waals surface area contributed by atoms with E-state index in [9.17, 15) is 13.2 Å². The highest BCUT2D eigenvalue weighted by molar-refractivity contribution is 7.91. The number of carbonyl (C=O) groups is 1. The van der Waals surface area contributed by atoms with Crippen LogP contribution in [0.1, 0.15) is 26.2 Å². The van der Waals surface area contributed by atoms with Crippen molar-refractivity contribution in [2.24, 2.45) is 0 Å². The summed E-state index contributed by atoms with van der Waals surface area (Å²) in [4.78, 5) is 12.7. The summed E-state index contributed by atoms with van der Waals surface area (Å²) in [6, 6.07) is 15.6. The van der Waals surface area contributed by atoms with Gasteiger partial charge in [-0.05, 0) is 24.6 Å². The van der Waals surface area contributed by atoms with E-state index in [2.05, 4.69) is 12.2 Å². The molecule has 5 nitrogen and oxygen atoms in total. The molecule has 0 aliphatic heterocycles. The van der Waals surface area contributed by atoms with Gasteiger partial charge < -0.3 is 9.88 Å². The van der Waals surface area contributed by atoms with Crippen molar-refractivity contribution in [2.75, 3.05) is 6.54 Å². The maximum Gasteiger partial charge on any atom is 0.239 e. The standard InChI is InChI=1S/C21H24N2O3S/c1-2-3-9-14-22-21(24)16-23-15-20(18-12-7-8-13-19(18)23)27(25,26)17-10-5-4-6-11-17/h4-8,10-13,15H,2-3,9,14,16H2,1H3,(H,22,24). The van der Waals surface area contributed by atoms with Crippen molar-refractivity contribution in [3.8, 4) is 0 Å². The summed E-state index contributed by atoms with van der Waals surface area (Å²) in [6.07, 6.45) is 4.69. The van der Waals surface area contributed by atoms with Crippen molar-refractivity contribution >= 4 is 26.6 Å². The maximum atomic E-state index is 13.1. The molecule has 0 saturated carbocycles. The van der Waals surface area contributed by atoms with Crippen molar-refractivity contribution < 1.29 is 13.2 Å². The van der Waals surface area contributed by atoms with E-state index in [4.69, 9.17) is 0 Å². The number of carbonyl (C=O) groups excluding carboxylic acids is 1. The number of amides is 1. The predicted molar refractivity (Wildman–Crippen MR) is 106 cm³/mol. The molecule has 0 spiro atoms. The number of sulfone groups is 1. The minimum atomic E-state index is -3.66. The van der Waals surface area contributed by atoms with Gasteiger partial charge >= 0.3 is 0 Å². The van der Waals surface area contributed by atoms with Gasteiger partial charge in [0.1, 0.15) is 6.54 Å². The molecule has 142 valence electrons. The first-order valence-electron chi connectivity index (χ1n) is 9.18. The smallest absolute Gasteiger partial charge is 0.239 e. The number of nitrogens with one attached hydrogen (secondary N) is 1. The van der Waals surface area contributed by atoms with Crippen molar-refractivity contribution in [3.05, 3.63) is 60.8 Å². The fraction of sp³-hybridized carbons (Fsp3) is 0.286. The normalized spacial score (nSPS) is 11.6. The number of fused-ring (bicyclic) bond motifs is 1. The molecule has 27 heavy (non-hydrogen) atoms. The van der Waals surface area contributed by atoms with Gasteiger partial charge in [0.2, 0.25) is 15.7 Å². The number of hydrogen-bond acceptors (Lipinski definition) is 3. The minimum absolute atomic E-state index is 0.0942. The lowest BCUT2D eigenvalue weighted by molar-refractivity contribution is -0.121. The van der Waals surface area contributed by atoms with E-state index in [0.717, 1.165) is 24.8 Å². The molecule has 1 N–H and O–H groups in total. The van der Waals surface area contributed by atoms with Gasteiger partial charge in [0, 0.05) is 23.6 Å². The van der Waals surface area contributed by atoms with Crippen LogP contribution in [0.5, 0.6) is 0 Å². The molecular weight excluding hydrogens is 360 g/mol.